The van der Waals surface area contributed by atoms with Crippen molar-refractivity contribution in [2.45, 2.75) is 6.04 Å². The van der Waals surface area contributed by atoms with Crippen molar-refractivity contribution >= 4 is 11.4 Å². The van der Waals surface area contributed by atoms with Gasteiger partial charge in [0, 0.05) is 33.3 Å². The average molecular weight is 394 g/mol. The van der Waals surface area contributed by atoms with Crippen LogP contribution < -0.4 is 20.9 Å². The largest absolute Gasteiger partial charge is 0.438 e. The molecule has 0 bridgehead atoms. The third-order valence-corrected chi connectivity index (χ3v) is 5.15. The number of nitro benzene ring substituents is 1. The smallest absolute Gasteiger partial charge is 0.333 e. The van der Waals surface area contributed by atoms with Crippen molar-refractivity contribution in [3.05, 3.63) is 90.6 Å². The van der Waals surface area contributed by atoms with E-state index in [1.807, 2.05) is 17.0 Å². The summed E-state index contributed by atoms with van der Waals surface area (Å²) >= 11 is 0. The second-order valence-electron chi connectivity index (χ2n) is 6.86. The third kappa shape index (κ3) is 2.78. The van der Waals surface area contributed by atoms with Gasteiger partial charge in [-0.05, 0) is 17.7 Å². The van der Waals surface area contributed by atoms with E-state index in [2.05, 4.69) is 0 Å². The number of hydrogen-bond acceptors (Lipinski definition) is 6. The molecule has 1 atom stereocenters. The Morgan fingerprint density at radius 2 is 1.72 bits per heavy atom. The maximum absolute atomic E-state index is 13.1. The first-order valence-corrected chi connectivity index (χ1v) is 8.85. The molecule has 0 amide bonds. The zero-order valence-electron chi connectivity index (χ0n) is 16.0. The number of aromatic nitrogens is 2. The van der Waals surface area contributed by atoms with Crippen LogP contribution in [0.25, 0.3) is 0 Å². The number of fused-ring (bicyclic) bond motifs is 2. The van der Waals surface area contributed by atoms with E-state index in [0.717, 1.165) is 4.57 Å². The van der Waals surface area contributed by atoms with E-state index in [9.17, 15) is 19.7 Å². The first-order valence-electron chi connectivity index (χ1n) is 8.85. The fourth-order valence-electron chi connectivity index (χ4n) is 3.68. The number of nitro groups is 1. The molecule has 4 rings (SSSR count). The molecule has 9 nitrogen and oxygen atoms in total. The van der Waals surface area contributed by atoms with Crippen LogP contribution in [0.2, 0.25) is 0 Å². The summed E-state index contributed by atoms with van der Waals surface area (Å²) in [7, 11) is 4.71. The van der Waals surface area contributed by atoms with Gasteiger partial charge in [0.2, 0.25) is 5.88 Å². The van der Waals surface area contributed by atoms with Crippen LogP contribution in [0.1, 0.15) is 17.2 Å². The molecule has 0 unspecified atom stereocenters. The quantitative estimate of drug-likeness (QED) is 0.489. The normalized spacial score (nSPS) is 15.1. The van der Waals surface area contributed by atoms with Gasteiger partial charge in [0.25, 0.3) is 11.2 Å². The highest BCUT2D eigenvalue weighted by molar-refractivity contribution is 5.65. The topological polar surface area (TPSA) is 99.6 Å². The molecule has 1 aliphatic rings. The van der Waals surface area contributed by atoms with Crippen molar-refractivity contribution < 1.29 is 9.66 Å². The van der Waals surface area contributed by atoms with Crippen LogP contribution in [0.4, 0.5) is 11.4 Å². The van der Waals surface area contributed by atoms with Crippen molar-refractivity contribution in [2.75, 3.05) is 11.9 Å². The van der Waals surface area contributed by atoms with E-state index in [0.29, 0.717) is 17.0 Å². The Hall–Kier alpha value is -3.88. The lowest BCUT2D eigenvalue weighted by atomic mass is 9.98. The van der Waals surface area contributed by atoms with Gasteiger partial charge in [-0.15, -0.1) is 0 Å². The molecule has 2 heterocycles. The van der Waals surface area contributed by atoms with Crippen LogP contribution in [0.5, 0.6) is 11.6 Å². The molecule has 0 saturated heterocycles. The van der Waals surface area contributed by atoms with Gasteiger partial charge in [-0.1, -0.05) is 24.3 Å². The lowest BCUT2D eigenvalue weighted by molar-refractivity contribution is -0.384. The standard InChI is InChI=1S/C20H18N4O5/c1-21-14-9-4-5-10-15(14)29-19-16(18(25)22(2)20(26)23(19)3)17(21)12-7-6-8-13(11-12)24(27)28/h4-11,17H,1-3H3/t17-/m0/s1. The molecule has 0 aliphatic carbocycles. The maximum atomic E-state index is 13.1. The van der Waals surface area contributed by atoms with Gasteiger partial charge in [-0.25, -0.2) is 4.79 Å². The van der Waals surface area contributed by atoms with Crippen molar-refractivity contribution in [1.29, 1.82) is 0 Å². The fraction of sp³-hybridized carbons (Fsp3) is 0.200. The van der Waals surface area contributed by atoms with E-state index in [1.165, 1.54) is 30.8 Å². The van der Waals surface area contributed by atoms with Gasteiger partial charge in [-0.3, -0.25) is 24.0 Å². The van der Waals surface area contributed by atoms with Crippen molar-refractivity contribution in [2.24, 2.45) is 14.1 Å². The summed E-state index contributed by atoms with van der Waals surface area (Å²) in [5, 5.41) is 11.3. The molecule has 3 aromatic rings. The van der Waals surface area contributed by atoms with Crippen LogP contribution in [0.15, 0.2) is 58.1 Å². The predicted octanol–water partition coefficient (Wildman–Crippen LogP) is 2.32. The third-order valence-electron chi connectivity index (χ3n) is 5.15. The van der Waals surface area contributed by atoms with Crippen LogP contribution in [-0.4, -0.2) is 21.1 Å². The van der Waals surface area contributed by atoms with Gasteiger partial charge in [0.05, 0.1) is 16.7 Å². The first kappa shape index (κ1) is 18.5. The molecule has 0 spiro atoms. The first-order chi connectivity index (χ1) is 13.8. The molecule has 0 radical (unpaired) electrons. The maximum Gasteiger partial charge on any atom is 0.333 e. The van der Waals surface area contributed by atoms with Crippen molar-refractivity contribution in [3.63, 3.8) is 0 Å². The summed E-state index contributed by atoms with van der Waals surface area (Å²) in [5.41, 5.74) is 0.341. The molecule has 148 valence electrons. The molecule has 0 saturated carbocycles. The number of ether oxygens (including phenoxy) is 1. The van der Waals surface area contributed by atoms with Gasteiger partial charge in [-0.2, -0.15) is 0 Å². The summed E-state index contributed by atoms with van der Waals surface area (Å²) in [5.74, 6) is 0.596. The highest BCUT2D eigenvalue weighted by atomic mass is 16.6. The fourth-order valence-corrected chi connectivity index (χ4v) is 3.68. The Kier molecular flexibility index (Phi) is 4.22. The molecule has 9 heteroatoms. The molecule has 1 aromatic heterocycles. The minimum Gasteiger partial charge on any atom is -0.438 e. The highest BCUT2D eigenvalue weighted by Gasteiger charge is 2.34. The summed E-state index contributed by atoms with van der Waals surface area (Å²) in [6.45, 7) is 0. The minimum absolute atomic E-state index is 0.0856. The number of nitrogens with zero attached hydrogens (tertiary/aromatic N) is 4. The van der Waals surface area contributed by atoms with E-state index >= 15 is 0 Å². The molecular weight excluding hydrogens is 376 g/mol. The van der Waals surface area contributed by atoms with E-state index in [1.54, 1.807) is 31.3 Å². The minimum atomic E-state index is -0.695. The predicted molar refractivity (Wildman–Crippen MR) is 107 cm³/mol. The SMILES string of the molecule is CN1c2ccccc2Oc2c(c(=O)n(C)c(=O)n2C)[C@@H]1c1cccc([N+](=O)[O-])c1. The number of rotatable bonds is 2. The highest BCUT2D eigenvalue weighted by Crippen LogP contribution is 2.44. The van der Waals surface area contributed by atoms with Crippen molar-refractivity contribution in [3.8, 4) is 11.6 Å². The molecule has 0 N–H and O–H groups in total. The van der Waals surface area contributed by atoms with Crippen LogP contribution in [-0.2, 0) is 14.1 Å². The van der Waals surface area contributed by atoms with E-state index in [4.69, 9.17) is 4.74 Å². The lowest BCUT2D eigenvalue weighted by Crippen LogP contribution is -2.41. The number of benzene rings is 2. The van der Waals surface area contributed by atoms with Gasteiger partial charge in [0.1, 0.15) is 5.56 Å². The average Bonchev–Trinajstić information content (AvgIpc) is 2.85. The Balaban J connectivity index is 2.10. The van der Waals surface area contributed by atoms with Crippen molar-refractivity contribution in [1.82, 2.24) is 9.13 Å². The Morgan fingerprint density at radius 3 is 2.45 bits per heavy atom. The number of anilines is 1. The summed E-state index contributed by atoms with van der Waals surface area (Å²) in [6, 6.07) is 12.6. The summed E-state index contributed by atoms with van der Waals surface area (Å²) in [6.07, 6.45) is 0. The Morgan fingerprint density at radius 1 is 1.00 bits per heavy atom. The van der Waals surface area contributed by atoms with Crippen LogP contribution >= 0.6 is 0 Å². The van der Waals surface area contributed by atoms with Gasteiger partial charge >= 0.3 is 5.69 Å². The number of para-hydroxylation sites is 2. The summed E-state index contributed by atoms with van der Waals surface area (Å²) in [4.78, 5) is 38.3. The second kappa shape index (κ2) is 6.62. The molecule has 2 aromatic carbocycles. The van der Waals surface area contributed by atoms with Gasteiger partial charge < -0.3 is 9.64 Å². The van der Waals surface area contributed by atoms with E-state index < -0.39 is 22.2 Å². The molecular formula is C20H18N4O5. The number of hydrogen-bond donors (Lipinski definition) is 0. The van der Waals surface area contributed by atoms with E-state index in [-0.39, 0.29) is 17.1 Å². The monoisotopic (exact) mass is 394 g/mol. The molecule has 0 fully saturated rings. The number of non-ortho nitro benzene ring substituents is 1. The zero-order valence-corrected chi connectivity index (χ0v) is 16.0. The summed E-state index contributed by atoms with van der Waals surface area (Å²) < 4.78 is 8.31. The molecule has 29 heavy (non-hydrogen) atoms. The Bertz CT molecular complexity index is 1260. The zero-order chi connectivity index (χ0) is 20.9. The van der Waals surface area contributed by atoms with Gasteiger partial charge in [0.15, 0.2) is 5.75 Å². The second-order valence-corrected chi connectivity index (χ2v) is 6.86. The Labute approximate surface area is 165 Å². The molecule has 1 aliphatic heterocycles. The lowest BCUT2D eigenvalue weighted by Gasteiger charge is -2.29. The van der Waals surface area contributed by atoms with Crippen LogP contribution in [0, 0.1) is 10.1 Å². The van der Waals surface area contributed by atoms with Crippen LogP contribution in [0.3, 0.4) is 0 Å².